The molecule has 0 spiro atoms. The number of aryl methyl sites for hydroxylation is 2. The second kappa shape index (κ2) is 5.06. The predicted octanol–water partition coefficient (Wildman–Crippen LogP) is 1.94. The van der Waals surface area contributed by atoms with E-state index >= 15 is 0 Å². The van der Waals surface area contributed by atoms with Crippen molar-refractivity contribution in [3.05, 3.63) is 51.9 Å². The van der Waals surface area contributed by atoms with Crippen LogP contribution >= 0.6 is 0 Å². The van der Waals surface area contributed by atoms with Gasteiger partial charge in [-0.1, -0.05) is 29.8 Å². The number of rotatable bonds is 3. The molecule has 1 heterocycles. The molecule has 0 aliphatic heterocycles. The average Bonchev–Trinajstić information content (AvgIpc) is 2.40. The first-order valence-corrected chi connectivity index (χ1v) is 5.95. The number of aromatic nitrogens is 2. The second-order valence-electron chi connectivity index (χ2n) is 4.25. The van der Waals surface area contributed by atoms with Gasteiger partial charge in [-0.05, 0) is 19.4 Å². The van der Waals surface area contributed by atoms with Gasteiger partial charge in [0, 0.05) is 18.3 Å². The molecule has 2 aromatic rings. The van der Waals surface area contributed by atoms with Crippen molar-refractivity contribution in [3.63, 3.8) is 0 Å². The Bertz CT molecular complexity index is 672. The number of carbonyl (C=O) groups is 1. The zero-order valence-electron chi connectivity index (χ0n) is 10.8. The van der Waals surface area contributed by atoms with Gasteiger partial charge in [0.1, 0.15) is 0 Å². The Labute approximate surface area is 110 Å². The van der Waals surface area contributed by atoms with E-state index in [2.05, 4.69) is 5.10 Å². The summed E-state index contributed by atoms with van der Waals surface area (Å²) in [6.45, 7) is 4.28. The van der Waals surface area contributed by atoms with Gasteiger partial charge in [0.25, 0.3) is 0 Å². The van der Waals surface area contributed by atoms with Gasteiger partial charge in [-0.25, -0.2) is 4.79 Å². The summed E-state index contributed by atoms with van der Waals surface area (Å²) >= 11 is 0. The zero-order valence-corrected chi connectivity index (χ0v) is 10.8. The Morgan fingerprint density at radius 3 is 2.47 bits per heavy atom. The highest BCUT2D eigenvalue weighted by molar-refractivity contribution is 5.86. The van der Waals surface area contributed by atoms with E-state index in [1.165, 1.54) is 4.68 Å². The maximum atomic E-state index is 12.1. The minimum atomic E-state index is -1.30. The maximum Gasteiger partial charge on any atom is 0.360 e. The van der Waals surface area contributed by atoms with E-state index in [0.717, 1.165) is 5.56 Å². The third-order valence-corrected chi connectivity index (χ3v) is 2.86. The molecule has 0 fully saturated rings. The van der Waals surface area contributed by atoms with Crippen LogP contribution in [0.25, 0.3) is 11.1 Å². The summed E-state index contributed by atoms with van der Waals surface area (Å²) < 4.78 is 1.46. The monoisotopic (exact) mass is 258 g/mol. The standard InChI is InChI=1S/C14H14N2O3/c1-3-16-8-11(10-6-4-9(2)5-7-10)13(17)12(15-16)14(18)19/h4-8H,3H2,1-2H3,(H,18,19). The van der Waals surface area contributed by atoms with Crippen LogP contribution in [0.5, 0.6) is 0 Å². The molecule has 0 bridgehead atoms. The van der Waals surface area contributed by atoms with Gasteiger partial charge in [0.15, 0.2) is 0 Å². The molecule has 0 aliphatic rings. The Kier molecular flexibility index (Phi) is 3.46. The van der Waals surface area contributed by atoms with Crippen LogP contribution in [0.1, 0.15) is 23.0 Å². The van der Waals surface area contributed by atoms with Crippen LogP contribution in [0.2, 0.25) is 0 Å². The van der Waals surface area contributed by atoms with E-state index in [1.807, 2.05) is 26.0 Å². The molecular weight excluding hydrogens is 244 g/mol. The molecule has 98 valence electrons. The minimum Gasteiger partial charge on any atom is -0.476 e. The zero-order chi connectivity index (χ0) is 14.0. The van der Waals surface area contributed by atoms with Gasteiger partial charge in [-0.3, -0.25) is 9.48 Å². The highest BCUT2D eigenvalue weighted by Crippen LogP contribution is 2.16. The van der Waals surface area contributed by atoms with E-state index in [0.29, 0.717) is 17.7 Å². The van der Waals surface area contributed by atoms with Gasteiger partial charge in [-0.2, -0.15) is 5.10 Å². The van der Waals surface area contributed by atoms with Crippen LogP contribution in [0.15, 0.2) is 35.3 Å². The lowest BCUT2D eigenvalue weighted by Crippen LogP contribution is -2.23. The fraction of sp³-hybridized carbons (Fsp3) is 0.214. The maximum absolute atomic E-state index is 12.1. The van der Waals surface area contributed by atoms with Crippen LogP contribution in [-0.2, 0) is 6.54 Å². The molecule has 5 heteroatoms. The molecule has 1 aromatic carbocycles. The molecule has 0 saturated carbocycles. The van der Waals surface area contributed by atoms with Crippen LogP contribution in [0.4, 0.5) is 0 Å². The molecule has 0 unspecified atom stereocenters. The third kappa shape index (κ3) is 2.54. The van der Waals surface area contributed by atoms with Gasteiger partial charge in [0.05, 0.1) is 0 Å². The van der Waals surface area contributed by atoms with Crippen LogP contribution in [0, 0.1) is 6.92 Å². The summed E-state index contributed by atoms with van der Waals surface area (Å²) in [6.07, 6.45) is 1.58. The molecule has 0 saturated heterocycles. The highest BCUT2D eigenvalue weighted by atomic mass is 16.4. The number of aromatic carboxylic acids is 1. The van der Waals surface area contributed by atoms with Crippen molar-refractivity contribution in [2.24, 2.45) is 0 Å². The van der Waals surface area contributed by atoms with Crippen molar-refractivity contribution in [1.82, 2.24) is 9.78 Å². The lowest BCUT2D eigenvalue weighted by atomic mass is 10.1. The SMILES string of the molecule is CCn1cc(-c2ccc(C)cc2)c(=O)c(C(=O)O)n1. The number of hydrogen-bond donors (Lipinski definition) is 1. The molecule has 19 heavy (non-hydrogen) atoms. The third-order valence-electron chi connectivity index (χ3n) is 2.86. The summed E-state index contributed by atoms with van der Waals surface area (Å²) in [5.41, 5.74) is 1.13. The van der Waals surface area contributed by atoms with Crippen molar-refractivity contribution < 1.29 is 9.90 Å². The Morgan fingerprint density at radius 2 is 1.95 bits per heavy atom. The molecule has 2 rings (SSSR count). The van der Waals surface area contributed by atoms with Crippen molar-refractivity contribution in [1.29, 1.82) is 0 Å². The lowest BCUT2D eigenvalue weighted by molar-refractivity contribution is 0.0686. The van der Waals surface area contributed by atoms with E-state index in [9.17, 15) is 9.59 Å². The minimum absolute atomic E-state index is 0.356. The molecule has 5 nitrogen and oxygen atoms in total. The van der Waals surface area contributed by atoms with E-state index in [-0.39, 0.29) is 0 Å². The highest BCUT2D eigenvalue weighted by Gasteiger charge is 2.16. The molecule has 1 N–H and O–H groups in total. The second-order valence-corrected chi connectivity index (χ2v) is 4.25. The number of carboxylic acids is 1. The van der Waals surface area contributed by atoms with Crippen molar-refractivity contribution in [2.75, 3.05) is 0 Å². The van der Waals surface area contributed by atoms with Crippen LogP contribution < -0.4 is 5.43 Å². The fourth-order valence-electron chi connectivity index (χ4n) is 1.78. The van der Waals surface area contributed by atoms with Gasteiger partial charge < -0.3 is 5.11 Å². The lowest BCUT2D eigenvalue weighted by Gasteiger charge is -2.07. The average molecular weight is 258 g/mol. The topological polar surface area (TPSA) is 72.2 Å². The molecule has 0 atom stereocenters. The molecule has 1 aromatic heterocycles. The Hall–Kier alpha value is -2.43. The normalized spacial score (nSPS) is 10.4. The Balaban J connectivity index is 2.68. The van der Waals surface area contributed by atoms with Crippen molar-refractivity contribution >= 4 is 5.97 Å². The number of hydrogen-bond acceptors (Lipinski definition) is 3. The summed E-state index contributed by atoms with van der Waals surface area (Å²) in [5.74, 6) is -1.30. The molecule has 0 aliphatic carbocycles. The van der Waals surface area contributed by atoms with Crippen molar-refractivity contribution in [2.45, 2.75) is 20.4 Å². The Morgan fingerprint density at radius 1 is 1.32 bits per heavy atom. The van der Waals surface area contributed by atoms with E-state index in [1.54, 1.807) is 18.3 Å². The quantitative estimate of drug-likeness (QED) is 0.913. The summed E-state index contributed by atoms with van der Waals surface area (Å²) in [5, 5.41) is 12.8. The number of carboxylic acid groups (broad SMARTS) is 1. The summed E-state index contributed by atoms with van der Waals surface area (Å²) in [7, 11) is 0. The first-order chi connectivity index (χ1) is 9.02. The first-order valence-electron chi connectivity index (χ1n) is 5.95. The molecular formula is C14H14N2O3. The van der Waals surface area contributed by atoms with E-state index in [4.69, 9.17) is 5.11 Å². The fourth-order valence-corrected chi connectivity index (χ4v) is 1.78. The largest absolute Gasteiger partial charge is 0.476 e. The van der Waals surface area contributed by atoms with Gasteiger partial charge in [0.2, 0.25) is 11.1 Å². The number of nitrogens with zero attached hydrogens (tertiary/aromatic N) is 2. The first kappa shape index (κ1) is 13.0. The van der Waals surface area contributed by atoms with E-state index < -0.39 is 17.1 Å². The van der Waals surface area contributed by atoms with Gasteiger partial charge >= 0.3 is 5.97 Å². The van der Waals surface area contributed by atoms with Gasteiger partial charge in [-0.15, -0.1) is 0 Å². The molecule has 0 amide bonds. The smallest absolute Gasteiger partial charge is 0.360 e. The molecule has 0 radical (unpaired) electrons. The summed E-state index contributed by atoms with van der Waals surface area (Å²) in [4.78, 5) is 23.2. The predicted molar refractivity (Wildman–Crippen MR) is 71.3 cm³/mol. The van der Waals surface area contributed by atoms with Crippen molar-refractivity contribution in [3.8, 4) is 11.1 Å². The van der Waals surface area contributed by atoms with Crippen LogP contribution in [0.3, 0.4) is 0 Å². The van der Waals surface area contributed by atoms with Crippen LogP contribution in [-0.4, -0.2) is 20.9 Å². The number of benzene rings is 1. The summed E-state index contributed by atoms with van der Waals surface area (Å²) in [6, 6.07) is 7.37.